The molecule has 0 aliphatic rings. The molecule has 0 aromatic heterocycles. The lowest BCUT2D eigenvalue weighted by Crippen LogP contribution is -2.30. The number of nitrogens with zero attached hydrogens (tertiary/aromatic N) is 1. The lowest BCUT2D eigenvalue weighted by atomic mass is 10.1. The molecular weight excluding hydrogens is 200 g/mol. The molecule has 0 spiro atoms. The maximum absolute atomic E-state index is 5.60. The van der Waals surface area contributed by atoms with E-state index in [1.165, 1.54) is 10.8 Å². The molecule has 2 rings (SSSR count). The van der Waals surface area contributed by atoms with Gasteiger partial charge in [-0.25, -0.2) is 5.01 Å². The third-order valence-corrected chi connectivity index (χ3v) is 2.43. The Morgan fingerprint density at radius 3 is 2.62 bits per heavy atom. The summed E-state index contributed by atoms with van der Waals surface area (Å²) in [5.74, 6) is 6.39. The topological polar surface area (TPSA) is 38.5 Å². The molecule has 0 aliphatic heterocycles. The largest absolute Gasteiger partial charge is 0.492 e. The summed E-state index contributed by atoms with van der Waals surface area (Å²) in [5, 5.41) is 4.04. The number of hydrogen-bond acceptors (Lipinski definition) is 3. The number of ether oxygens (including phenoxy) is 1. The average molecular weight is 216 g/mol. The highest BCUT2D eigenvalue weighted by Crippen LogP contribution is 2.20. The van der Waals surface area contributed by atoms with E-state index in [2.05, 4.69) is 18.2 Å². The Morgan fingerprint density at radius 2 is 1.88 bits per heavy atom. The number of rotatable bonds is 4. The van der Waals surface area contributed by atoms with Gasteiger partial charge in [0.15, 0.2) is 0 Å². The minimum absolute atomic E-state index is 0.603. The molecule has 0 heterocycles. The first-order chi connectivity index (χ1) is 7.75. The Bertz CT molecular complexity index is 468. The Labute approximate surface area is 95.4 Å². The van der Waals surface area contributed by atoms with Crippen molar-refractivity contribution in [2.45, 2.75) is 0 Å². The van der Waals surface area contributed by atoms with Gasteiger partial charge in [0.25, 0.3) is 0 Å². The van der Waals surface area contributed by atoms with Crippen LogP contribution in [0, 0.1) is 0 Å². The van der Waals surface area contributed by atoms with Crippen molar-refractivity contribution in [3.05, 3.63) is 42.5 Å². The molecule has 0 saturated heterocycles. The van der Waals surface area contributed by atoms with Crippen molar-refractivity contribution in [3.8, 4) is 5.75 Å². The summed E-state index contributed by atoms with van der Waals surface area (Å²) < 4.78 is 5.60. The fourth-order valence-electron chi connectivity index (χ4n) is 1.56. The molecule has 0 aliphatic carbocycles. The highest BCUT2D eigenvalue weighted by atomic mass is 16.5. The van der Waals surface area contributed by atoms with Crippen LogP contribution in [0.5, 0.6) is 5.75 Å². The molecule has 84 valence electrons. The average Bonchev–Trinajstić information content (AvgIpc) is 2.28. The first-order valence-corrected chi connectivity index (χ1v) is 5.33. The van der Waals surface area contributed by atoms with Crippen LogP contribution in [0.4, 0.5) is 0 Å². The SMILES string of the molecule is CN(N)CCOc1ccc2ccccc2c1. The van der Waals surface area contributed by atoms with E-state index in [1.54, 1.807) is 5.01 Å². The third-order valence-electron chi connectivity index (χ3n) is 2.43. The third kappa shape index (κ3) is 2.72. The number of nitrogens with two attached hydrogens (primary N) is 1. The van der Waals surface area contributed by atoms with Crippen LogP contribution in [0.15, 0.2) is 42.5 Å². The monoisotopic (exact) mass is 216 g/mol. The van der Waals surface area contributed by atoms with Gasteiger partial charge in [-0.15, -0.1) is 0 Å². The van der Waals surface area contributed by atoms with E-state index >= 15 is 0 Å². The Kier molecular flexibility index (Phi) is 3.39. The smallest absolute Gasteiger partial charge is 0.120 e. The van der Waals surface area contributed by atoms with Gasteiger partial charge in [-0.2, -0.15) is 0 Å². The predicted octanol–water partition coefficient (Wildman–Crippen LogP) is 2.02. The highest BCUT2D eigenvalue weighted by molar-refractivity contribution is 5.83. The Balaban J connectivity index is 2.08. The van der Waals surface area contributed by atoms with Gasteiger partial charge in [-0.1, -0.05) is 30.3 Å². The number of benzene rings is 2. The molecule has 2 aromatic carbocycles. The van der Waals surface area contributed by atoms with Gasteiger partial charge in [-0.3, -0.25) is 5.84 Å². The fourth-order valence-corrected chi connectivity index (χ4v) is 1.56. The van der Waals surface area contributed by atoms with Gasteiger partial charge >= 0.3 is 0 Å². The van der Waals surface area contributed by atoms with Crippen molar-refractivity contribution in [3.63, 3.8) is 0 Å². The Morgan fingerprint density at radius 1 is 1.12 bits per heavy atom. The van der Waals surface area contributed by atoms with Crippen LogP contribution >= 0.6 is 0 Å². The van der Waals surface area contributed by atoms with Crippen molar-refractivity contribution in [1.82, 2.24) is 5.01 Å². The lowest BCUT2D eigenvalue weighted by molar-refractivity contribution is 0.241. The molecular formula is C13H16N2O. The summed E-state index contributed by atoms with van der Waals surface area (Å²) in [5.41, 5.74) is 0. The summed E-state index contributed by atoms with van der Waals surface area (Å²) in [4.78, 5) is 0. The second-order valence-corrected chi connectivity index (χ2v) is 3.84. The molecule has 0 unspecified atom stereocenters. The van der Waals surface area contributed by atoms with Gasteiger partial charge in [-0.05, 0) is 22.9 Å². The summed E-state index contributed by atoms with van der Waals surface area (Å²) in [7, 11) is 1.82. The predicted molar refractivity (Wildman–Crippen MR) is 66.3 cm³/mol. The van der Waals surface area contributed by atoms with Crippen molar-refractivity contribution in [2.24, 2.45) is 5.84 Å². The zero-order chi connectivity index (χ0) is 11.4. The van der Waals surface area contributed by atoms with E-state index in [0.717, 1.165) is 5.75 Å². The van der Waals surface area contributed by atoms with Gasteiger partial charge in [0.2, 0.25) is 0 Å². The van der Waals surface area contributed by atoms with E-state index < -0.39 is 0 Å². The molecule has 0 radical (unpaired) electrons. The number of fused-ring (bicyclic) bond motifs is 1. The summed E-state index contributed by atoms with van der Waals surface area (Å²) in [6, 6.07) is 14.3. The lowest BCUT2D eigenvalue weighted by Gasteiger charge is -2.11. The van der Waals surface area contributed by atoms with E-state index in [-0.39, 0.29) is 0 Å². The summed E-state index contributed by atoms with van der Waals surface area (Å²) in [6.45, 7) is 1.32. The van der Waals surface area contributed by atoms with Crippen LogP contribution in [0.1, 0.15) is 0 Å². The molecule has 3 heteroatoms. The quantitative estimate of drug-likeness (QED) is 0.627. The molecule has 2 aromatic rings. The van der Waals surface area contributed by atoms with E-state index in [0.29, 0.717) is 13.2 Å². The summed E-state index contributed by atoms with van der Waals surface area (Å²) in [6.07, 6.45) is 0. The number of likely N-dealkylation sites (N-methyl/N-ethyl adjacent to an activating group) is 1. The molecule has 3 nitrogen and oxygen atoms in total. The minimum Gasteiger partial charge on any atom is -0.492 e. The highest BCUT2D eigenvalue weighted by Gasteiger charge is 1.97. The first-order valence-electron chi connectivity index (χ1n) is 5.33. The summed E-state index contributed by atoms with van der Waals surface area (Å²) >= 11 is 0. The van der Waals surface area contributed by atoms with E-state index in [4.69, 9.17) is 10.6 Å². The molecule has 2 N–H and O–H groups in total. The van der Waals surface area contributed by atoms with Gasteiger partial charge < -0.3 is 4.74 Å². The maximum Gasteiger partial charge on any atom is 0.120 e. The van der Waals surface area contributed by atoms with Crippen LogP contribution in [0.25, 0.3) is 10.8 Å². The maximum atomic E-state index is 5.60. The van der Waals surface area contributed by atoms with Crippen molar-refractivity contribution in [1.29, 1.82) is 0 Å². The van der Waals surface area contributed by atoms with Crippen LogP contribution in [-0.4, -0.2) is 25.2 Å². The molecule has 0 bridgehead atoms. The van der Waals surface area contributed by atoms with Crippen LogP contribution in [-0.2, 0) is 0 Å². The number of hydrogen-bond donors (Lipinski definition) is 1. The standard InChI is InChI=1S/C13H16N2O/c1-15(14)8-9-16-13-7-6-11-4-2-3-5-12(11)10-13/h2-7,10H,8-9,14H2,1H3. The van der Waals surface area contributed by atoms with Gasteiger partial charge in [0.05, 0.1) is 0 Å². The fraction of sp³-hybridized carbons (Fsp3) is 0.231. The molecule has 0 atom stereocenters. The normalized spacial score (nSPS) is 10.9. The van der Waals surface area contributed by atoms with Crippen molar-refractivity contribution in [2.75, 3.05) is 20.2 Å². The van der Waals surface area contributed by atoms with Crippen molar-refractivity contribution >= 4 is 10.8 Å². The zero-order valence-corrected chi connectivity index (χ0v) is 9.39. The molecule has 0 saturated carbocycles. The molecule has 16 heavy (non-hydrogen) atoms. The van der Waals surface area contributed by atoms with Crippen LogP contribution in [0.3, 0.4) is 0 Å². The van der Waals surface area contributed by atoms with Crippen LogP contribution in [0.2, 0.25) is 0 Å². The van der Waals surface area contributed by atoms with E-state index in [1.807, 2.05) is 31.3 Å². The second kappa shape index (κ2) is 4.96. The minimum atomic E-state index is 0.603. The van der Waals surface area contributed by atoms with Crippen LogP contribution < -0.4 is 10.6 Å². The van der Waals surface area contributed by atoms with Gasteiger partial charge in [0.1, 0.15) is 12.4 Å². The second-order valence-electron chi connectivity index (χ2n) is 3.84. The molecule has 0 fully saturated rings. The zero-order valence-electron chi connectivity index (χ0n) is 9.39. The van der Waals surface area contributed by atoms with E-state index in [9.17, 15) is 0 Å². The number of hydrazine groups is 1. The van der Waals surface area contributed by atoms with Gasteiger partial charge in [0, 0.05) is 13.6 Å². The first kappa shape index (κ1) is 10.9. The Hall–Kier alpha value is -1.58. The molecule has 0 amide bonds. The van der Waals surface area contributed by atoms with Crippen molar-refractivity contribution < 1.29 is 4.74 Å².